The molecule has 0 aromatic heterocycles. The van der Waals surface area contributed by atoms with Crippen LogP contribution in [0.2, 0.25) is 0 Å². The summed E-state index contributed by atoms with van der Waals surface area (Å²) in [5.74, 6) is -2.14. The predicted molar refractivity (Wildman–Crippen MR) is 134 cm³/mol. The van der Waals surface area contributed by atoms with Gasteiger partial charge in [-0.1, -0.05) is 45.1 Å². The van der Waals surface area contributed by atoms with E-state index in [9.17, 15) is 35.5 Å². The van der Waals surface area contributed by atoms with E-state index in [-0.39, 0.29) is 22.9 Å². The van der Waals surface area contributed by atoms with Crippen molar-refractivity contribution in [2.24, 2.45) is 16.8 Å². The van der Waals surface area contributed by atoms with Gasteiger partial charge in [-0.2, -0.15) is 31.4 Å². The van der Waals surface area contributed by atoms with Gasteiger partial charge in [-0.05, 0) is 61.6 Å². The number of nitrogens with two attached hydrogens (primary N) is 1. The average molecular weight is 546 g/mol. The van der Waals surface area contributed by atoms with Crippen molar-refractivity contribution in [1.29, 1.82) is 0 Å². The highest BCUT2D eigenvalue weighted by atomic mass is 19.4. The molecule has 0 bridgehead atoms. The van der Waals surface area contributed by atoms with Gasteiger partial charge in [0.15, 0.2) is 0 Å². The van der Waals surface area contributed by atoms with Crippen LogP contribution in [0, 0.1) is 5.92 Å². The molecule has 1 rings (SSSR count). The second kappa shape index (κ2) is 13.3. The molecule has 4 nitrogen and oxygen atoms in total. The highest BCUT2D eigenvalue weighted by Gasteiger charge is 2.37. The lowest BCUT2D eigenvalue weighted by atomic mass is 9.95. The molecule has 0 unspecified atom stereocenters. The van der Waals surface area contributed by atoms with Crippen LogP contribution in [0.1, 0.15) is 57.7 Å². The number of rotatable bonds is 10. The molecule has 0 saturated heterocycles. The first-order valence-corrected chi connectivity index (χ1v) is 11.4. The normalized spacial score (nSPS) is 14.7. The van der Waals surface area contributed by atoms with E-state index in [1.54, 1.807) is 13.0 Å². The number of benzene rings is 1. The Morgan fingerprint density at radius 1 is 1.05 bits per heavy atom. The zero-order chi connectivity index (χ0) is 29.4. The number of hydrogen-bond donors (Lipinski definition) is 1. The quantitative estimate of drug-likeness (QED) is 0.106. The van der Waals surface area contributed by atoms with Crippen LogP contribution < -0.4 is 5.73 Å². The van der Waals surface area contributed by atoms with E-state index < -0.39 is 46.7 Å². The number of primary amides is 1. The Bertz CT molecular complexity index is 1150. The van der Waals surface area contributed by atoms with Crippen LogP contribution in [0.4, 0.5) is 30.7 Å². The van der Waals surface area contributed by atoms with Gasteiger partial charge >= 0.3 is 12.4 Å². The summed E-state index contributed by atoms with van der Waals surface area (Å²) in [6.45, 7) is 11.4. The first-order chi connectivity index (χ1) is 17.4. The largest absolute Gasteiger partial charge is 0.416 e. The summed E-state index contributed by atoms with van der Waals surface area (Å²) in [5, 5.41) is 5.14. The third-order valence-electron chi connectivity index (χ3n) is 5.13. The summed E-state index contributed by atoms with van der Waals surface area (Å²) in [6.07, 6.45) is -3.28. The Balaban J connectivity index is 3.90. The van der Waals surface area contributed by atoms with Crippen LogP contribution in [0.25, 0.3) is 0 Å². The van der Waals surface area contributed by atoms with Crippen molar-refractivity contribution < 1.29 is 35.5 Å². The van der Waals surface area contributed by atoms with Crippen molar-refractivity contribution in [3.8, 4) is 0 Å². The summed E-state index contributed by atoms with van der Waals surface area (Å²) in [6, 6.07) is 1.17. The van der Waals surface area contributed by atoms with E-state index in [1.165, 1.54) is 26.8 Å². The summed E-state index contributed by atoms with van der Waals surface area (Å²) in [5.41, 5.74) is 2.87. The number of alkyl halides is 6. The fourth-order valence-electron chi connectivity index (χ4n) is 3.06. The third-order valence-corrected chi connectivity index (χ3v) is 5.13. The van der Waals surface area contributed by atoms with Crippen LogP contribution in [0.5, 0.6) is 0 Å². The molecule has 11 heteroatoms. The number of allylic oxidation sites excluding steroid dienone is 5. The zero-order valence-corrected chi connectivity index (χ0v) is 21.6. The fourth-order valence-corrected chi connectivity index (χ4v) is 3.06. The number of hydrogen-bond acceptors (Lipinski definition) is 3. The Kier molecular flexibility index (Phi) is 11.3. The molecule has 0 radical (unpaired) electrons. The topological polar surface area (TPSA) is 58.7 Å². The Hall–Kier alpha value is -3.63. The van der Waals surface area contributed by atoms with Crippen molar-refractivity contribution in [2.75, 3.05) is 0 Å². The minimum Gasteiger partial charge on any atom is -0.366 e. The lowest BCUT2D eigenvalue weighted by Crippen LogP contribution is -2.20. The summed E-state index contributed by atoms with van der Waals surface area (Å²) < 4.78 is 93.8. The van der Waals surface area contributed by atoms with Crippen LogP contribution in [0.3, 0.4) is 0 Å². The molecule has 208 valence electrons. The van der Waals surface area contributed by atoms with E-state index in [2.05, 4.69) is 11.7 Å². The summed E-state index contributed by atoms with van der Waals surface area (Å²) in [7, 11) is 0. The van der Waals surface area contributed by atoms with E-state index in [0.29, 0.717) is 18.6 Å². The van der Waals surface area contributed by atoms with Crippen LogP contribution in [-0.2, 0) is 17.1 Å². The van der Waals surface area contributed by atoms with Gasteiger partial charge in [0.25, 0.3) is 5.91 Å². The summed E-state index contributed by atoms with van der Waals surface area (Å²) >= 11 is 0. The molecule has 0 fully saturated rings. The first-order valence-electron chi connectivity index (χ1n) is 11.4. The van der Waals surface area contributed by atoms with Gasteiger partial charge in [-0.3, -0.25) is 4.79 Å². The van der Waals surface area contributed by atoms with Gasteiger partial charge in [0.2, 0.25) is 0 Å². The minimum absolute atomic E-state index is 0.0255. The number of halogens is 7. The second-order valence-corrected chi connectivity index (χ2v) is 8.62. The zero-order valence-electron chi connectivity index (χ0n) is 21.6. The van der Waals surface area contributed by atoms with E-state index >= 15 is 0 Å². The molecule has 0 atom stereocenters. The maximum absolute atomic E-state index is 13.4. The van der Waals surface area contributed by atoms with Crippen molar-refractivity contribution in [1.82, 2.24) is 5.01 Å². The van der Waals surface area contributed by atoms with Gasteiger partial charge in [0.05, 0.1) is 28.2 Å². The minimum atomic E-state index is -5.04. The van der Waals surface area contributed by atoms with Gasteiger partial charge < -0.3 is 5.73 Å². The van der Waals surface area contributed by atoms with E-state index in [4.69, 9.17) is 5.73 Å². The van der Waals surface area contributed by atoms with E-state index in [0.717, 1.165) is 29.1 Å². The summed E-state index contributed by atoms with van der Waals surface area (Å²) in [4.78, 5) is 12.3. The number of carbonyl (C=O) groups is 1. The van der Waals surface area contributed by atoms with Crippen molar-refractivity contribution in [3.05, 3.63) is 94.6 Å². The Morgan fingerprint density at radius 3 is 1.95 bits per heavy atom. The molecule has 1 aromatic carbocycles. The van der Waals surface area contributed by atoms with Crippen LogP contribution >= 0.6 is 0 Å². The maximum atomic E-state index is 13.4. The highest BCUT2D eigenvalue weighted by Crippen LogP contribution is 2.37. The molecule has 1 aromatic rings. The monoisotopic (exact) mass is 545 g/mol. The smallest absolute Gasteiger partial charge is 0.366 e. The molecule has 0 saturated carbocycles. The van der Waals surface area contributed by atoms with Crippen molar-refractivity contribution in [2.45, 2.75) is 53.4 Å². The van der Waals surface area contributed by atoms with E-state index in [1.807, 2.05) is 6.92 Å². The van der Waals surface area contributed by atoms with Crippen LogP contribution in [-0.4, -0.2) is 16.6 Å². The standard InChI is InChI=1S/C27H30F7N3O/c1-7-17(5)11-19(10-9-18(6)28)23(25(35)38)15-37(8-2)36-24(16(3)4)20-12-21(26(29,30)31)14-22(13-20)27(32,33)34/h8-16H,2,7H2,1,3-6H3,(H2,35,38)/b17-11+,18-9+,19-10+,23-15+,36-24+. The average Bonchev–Trinajstić information content (AvgIpc) is 2.80. The molecule has 0 heterocycles. The first kappa shape index (κ1) is 32.4. The third kappa shape index (κ3) is 9.68. The maximum Gasteiger partial charge on any atom is 0.416 e. The Morgan fingerprint density at radius 2 is 1.58 bits per heavy atom. The van der Waals surface area contributed by atoms with Gasteiger partial charge in [-0.15, -0.1) is 0 Å². The highest BCUT2D eigenvalue weighted by molar-refractivity contribution is 6.02. The molecule has 1 amide bonds. The number of hydrazone groups is 1. The predicted octanol–water partition coefficient (Wildman–Crippen LogP) is 8.06. The molecular formula is C27H30F7N3O. The van der Waals surface area contributed by atoms with Gasteiger partial charge in [-0.25, -0.2) is 9.40 Å². The molecule has 0 aliphatic heterocycles. The fraction of sp³-hybridized carbons (Fsp3) is 0.333. The Labute approximate surface area is 217 Å². The SMILES string of the molecule is C=CN(\C=C(C(N)=O)/C(/C=C(\C)CC)=C/C=C(\C)F)/N=C(/c1cc(C(F)(F)F)cc(C(F)(F)F)c1)C(C)C. The molecular weight excluding hydrogens is 515 g/mol. The lowest BCUT2D eigenvalue weighted by Gasteiger charge is -2.19. The van der Waals surface area contributed by atoms with Crippen molar-refractivity contribution >= 4 is 11.6 Å². The molecule has 2 N–H and O–H groups in total. The lowest BCUT2D eigenvalue weighted by molar-refractivity contribution is -0.143. The molecule has 38 heavy (non-hydrogen) atoms. The molecule has 0 spiro atoms. The van der Waals surface area contributed by atoms with Gasteiger partial charge in [0, 0.05) is 12.4 Å². The molecule has 0 aliphatic rings. The van der Waals surface area contributed by atoms with Gasteiger partial charge in [0.1, 0.15) is 0 Å². The van der Waals surface area contributed by atoms with Crippen molar-refractivity contribution in [3.63, 3.8) is 0 Å². The molecule has 0 aliphatic carbocycles. The number of carbonyl (C=O) groups excluding carboxylic acids is 1. The number of nitrogens with zero attached hydrogens (tertiary/aromatic N) is 2. The second-order valence-electron chi connectivity index (χ2n) is 8.62. The van der Waals surface area contributed by atoms with Crippen LogP contribution in [0.15, 0.2) is 83.1 Å². The number of amides is 1.